The molecule has 0 aliphatic heterocycles. The number of rotatable bonds is 2. The lowest BCUT2D eigenvalue weighted by atomic mass is 9.85. The van der Waals surface area contributed by atoms with E-state index in [-0.39, 0.29) is 11.6 Å². The Morgan fingerprint density at radius 2 is 1.92 bits per heavy atom. The first-order valence-corrected chi connectivity index (χ1v) is 4.97. The maximum atomic E-state index is 11.1. The van der Waals surface area contributed by atoms with E-state index in [1.54, 1.807) is 0 Å². The Labute approximate surface area is 79.8 Å². The van der Waals surface area contributed by atoms with Crippen molar-refractivity contribution in [3.8, 4) is 0 Å². The van der Waals surface area contributed by atoms with Gasteiger partial charge in [-0.05, 0) is 18.8 Å². The van der Waals surface area contributed by atoms with Crippen LogP contribution < -0.4 is 5.32 Å². The second-order valence-corrected chi connectivity index (χ2v) is 4.13. The lowest BCUT2D eigenvalue weighted by Crippen LogP contribution is -2.50. The van der Waals surface area contributed by atoms with Gasteiger partial charge in [-0.2, -0.15) is 0 Å². The van der Waals surface area contributed by atoms with E-state index in [0.29, 0.717) is 5.92 Å². The molecule has 0 aromatic carbocycles. The molecule has 0 spiro atoms. The van der Waals surface area contributed by atoms with E-state index in [2.05, 4.69) is 23.9 Å². The van der Waals surface area contributed by atoms with Gasteiger partial charge in [-0.15, -0.1) is 0 Å². The van der Waals surface area contributed by atoms with Crippen molar-refractivity contribution < 1.29 is 9.53 Å². The Morgan fingerprint density at radius 1 is 1.38 bits per heavy atom. The van der Waals surface area contributed by atoms with Crippen molar-refractivity contribution in [1.29, 1.82) is 0 Å². The molecule has 0 unspecified atom stereocenters. The van der Waals surface area contributed by atoms with E-state index in [4.69, 9.17) is 0 Å². The van der Waals surface area contributed by atoms with Gasteiger partial charge < -0.3 is 10.1 Å². The van der Waals surface area contributed by atoms with Crippen molar-refractivity contribution in [3.05, 3.63) is 0 Å². The van der Waals surface area contributed by atoms with Crippen LogP contribution in [0, 0.1) is 5.92 Å². The van der Waals surface area contributed by atoms with Crippen molar-refractivity contribution in [1.82, 2.24) is 5.32 Å². The standard InChI is InChI=1S/C10H19NO2/c1-8(2)10(6-4-5-7-10)11-9(12)13-3/h8H,4-7H2,1-3H3,(H,11,12). The van der Waals surface area contributed by atoms with Crippen LogP contribution in [0.1, 0.15) is 39.5 Å². The Bertz CT molecular complexity index is 183. The monoisotopic (exact) mass is 185 g/mol. The van der Waals surface area contributed by atoms with E-state index >= 15 is 0 Å². The Morgan fingerprint density at radius 3 is 2.31 bits per heavy atom. The third-order valence-corrected chi connectivity index (χ3v) is 3.14. The fourth-order valence-corrected chi connectivity index (χ4v) is 2.11. The zero-order chi connectivity index (χ0) is 9.90. The normalized spacial score (nSPS) is 20.3. The molecule has 1 fully saturated rings. The Hall–Kier alpha value is -0.730. The van der Waals surface area contributed by atoms with Gasteiger partial charge in [-0.25, -0.2) is 4.79 Å². The molecule has 0 aromatic rings. The number of hydrogen-bond donors (Lipinski definition) is 1. The van der Waals surface area contributed by atoms with Crippen LogP contribution in [0.2, 0.25) is 0 Å². The van der Waals surface area contributed by atoms with Gasteiger partial charge in [0.25, 0.3) is 0 Å². The molecule has 0 aromatic heterocycles. The fraction of sp³-hybridized carbons (Fsp3) is 0.900. The maximum Gasteiger partial charge on any atom is 0.407 e. The Balaban J connectivity index is 2.62. The van der Waals surface area contributed by atoms with Crippen LogP contribution in [-0.4, -0.2) is 18.7 Å². The number of ether oxygens (including phenoxy) is 1. The molecule has 3 nitrogen and oxygen atoms in total. The molecule has 0 saturated heterocycles. The number of hydrogen-bond acceptors (Lipinski definition) is 2. The third kappa shape index (κ3) is 2.14. The van der Waals surface area contributed by atoms with E-state index in [1.165, 1.54) is 20.0 Å². The highest BCUT2D eigenvalue weighted by Gasteiger charge is 2.38. The first kappa shape index (κ1) is 10.4. The zero-order valence-corrected chi connectivity index (χ0v) is 8.72. The number of amides is 1. The van der Waals surface area contributed by atoms with Gasteiger partial charge in [0.2, 0.25) is 0 Å². The Kier molecular flexibility index (Phi) is 3.17. The average molecular weight is 185 g/mol. The molecular weight excluding hydrogens is 166 g/mol. The minimum absolute atomic E-state index is 0.00685. The summed E-state index contributed by atoms with van der Waals surface area (Å²) in [4.78, 5) is 11.1. The van der Waals surface area contributed by atoms with Crippen molar-refractivity contribution in [2.45, 2.75) is 45.1 Å². The number of alkyl carbamates (subject to hydrolysis) is 1. The van der Waals surface area contributed by atoms with Crippen molar-refractivity contribution in [3.63, 3.8) is 0 Å². The molecule has 0 bridgehead atoms. The molecule has 0 radical (unpaired) electrons. The van der Waals surface area contributed by atoms with E-state index in [9.17, 15) is 4.79 Å². The number of carbonyl (C=O) groups is 1. The van der Waals surface area contributed by atoms with Gasteiger partial charge in [0.1, 0.15) is 0 Å². The lowest BCUT2D eigenvalue weighted by Gasteiger charge is -2.33. The van der Waals surface area contributed by atoms with Crippen LogP contribution in [0.5, 0.6) is 0 Å². The highest BCUT2D eigenvalue weighted by molar-refractivity contribution is 5.68. The molecule has 1 amide bonds. The number of nitrogens with one attached hydrogen (secondary N) is 1. The molecule has 1 N–H and O–H groups in total. The highest BCUT2D eigenvalue weighted by atomic mass is 16.5. The predicted octanol–water partition coefficient (Wildman–Crippen LogP) is 2.31. The van der Waals surface area contributed by atoms with Gasteiger partial charge >= 0.3 is 6.09 Å². The molecule has 0 atom stereocenters. The highest BCUT2D eigenvalue weighted by Crippen LogP contribution is 2.35. The quantitative estimate of drug-likeness (QED) is 0.717. The average Bonchev–Trinajstić information content (AvgIpc) is 2.54. The minimum Gasteiger partial charge on any atom is -0.453 e. The largest absolute Gasteiger partial charge is 0.453 e. The van der Waals surface area contributed by atoms with Gasteiger partial charge in [-0.3, -0.25) is 0 Å². The van der Waals surface area contributed by atoms with Gasteiger partial charge in [0.05, 0.1) is 7.11 Å². The molecule has 1 aliphatic carbocycles. The predicted molar refractivity (Wildman–Crippen MR) is 51.6 cm³/mol. The second kappa shape index (κ2) is 3.99. The lowest BCUT2D eigenvalue weighted by molar-refractivity contribution is 0.143. The molecule has 3 heteroatoms. The van der Waals surface area contributed by atoms with E-state index in [1.807, 2.05) is 0 Å². The van der Waals surface area contributed by atoms with Gasteiger partial charge in [0, 0.05) is 5.54 Å². The summed E-state index contributed by atoms with van der Waals surface area (Å²) >= 11 is 0. The number of methoxy groups -OCH3 is 1. The fourth-order valence-electron chi connectivity index (χ4n) is 2.11. The first-order valence-electron chi connectivity index (χ1n) is 4.97. The summed E-state index contributed by atoms with van der Waals surface area (Å²) in [6.07, 6.45) is 4.29. The molecule has 0 heterocycles. The van der Waals surface area contributed by atoms with Crippen LogP contribution in [0.4, 0.5) is 4.79 Å². The van der Waals surface area contributed by atoms with Gasteiger partial charge in [0.15, 0.2) is 0 Å². The van der Waals surface area contributed by atoms with Crippen molar-refractivity contribution in [2.75, 3.05) is 7.11 Å². The molecule has 1 rings (SSSR count). The van der Waals surface area contributed by atoms with Crippen molar-refractivity contribution in [2.24, 2.45) is 5.92 Å². The summed E-state index contributed by atoms with van der Waals surface area (Å²) in [5, 5.41) is 2.98. The van der Waals surface area contributed by atoms with Gasteiger partial charge in [-0.1, -0.05) is 26.7 Å². The van der Waals surface area contributed by atoms with Crippen molar-refractivity contribution >= 4 is 6.09 Å². The third-order valence-electron chi connectivity index (χ3n) is 3.14. The smallest absolute Gasteiger partial charge is 0.407 e. The minimum atomic E-state index is -0.296. The van der Waals surface area contributed by atoms with Crippen LogP contribution in [-0.2, 0) is 4.74 Å². The molecule has 13 heavy (non-hydrogen) atoms. The summed E-state index contributed by atoms with van der Waals surface area (Å²) < 4.78 is 4.64. The summed E-state index contributed by atoms with van der Waals surface area (Å²) in [6, 6.07) is 0. The maximum absolute atomic E-state index is 11.1. The van der Waals surface area contributed by atoms with Crippen LogP contribution in [0.25, 0.3) is 0 Å². The summed E-state index contributed by atoms with van der Waals surface area (Å²) in [7, 11) is 1.41. The SMILES string of the molecule is COC(=O)NC1(C(C)C)CCCC1. The first-order chi connectivity index (χ1) is 6.10. The summed E-state index contributed by atoms with van der Waals surface area (Å²) in [5.41, 5.74) is -0.00685. The van der Waals surface area contributed by atoms with Crippen LogP contribution >= 0.6 is 0 Å². The summed E-state index contributed by atoms with van der Waals surface area (Å²) in [5.74, 6) is 0.481. The topological polar surface area (TPSA) is 38.3 Å². The van der Waals surface area contributed by atoms with Crippen LogP contribution in [0.15, 0.2) is 0 Å². The summed E-state index contributed by atoms with van der Waals surface area (Å²) in [6.45, 7) is 4.31. The van der Waals surface area contributed by atoms with Crippen LogP contribution in [0.3, 0.4) is 0 Å². The molecule has 1 aliphatic rings. The second-order valence-electron chi connectivity index (χ2n) is 4.13. The van der Waals surface area contributed by atoms with E-state index in [0.717, 1.165) is 12.8 Å². The molecule has 1 saturated carbocycles. The number of carbonyl (C=O) groups excluding carboxylic acids is 1. The zero-order valence-electron chi connectivity index (χ0n) is 8.72. The molecular formula is C10H19NO2. The molecule has 76 valence electrons. The van der Waals surface area contributed by atoms with E-state index < -0.39 is 0 Å².